The molecule has 1 aromatic rings. The molecule has 0 amide bonds. The predicted molar refractivity (Wildman–Crippen MR) is 79.3 cm³/mol. The zero-order valence-corrected chi connectivity index (χ0v) is 13.0. The first-order valence-corrected chi connectivity index (χ1v) is 8.36. The molecule has 7 heteroatoms. The second-order valence-electron chi connectivity index (χ2n) is 4.70. The van der Waals surface area contributed by atoms with Gasteiger partial charge in [0.1, 0.15) is 0 Å². The highest BCUT2D eigenvalue weighted by Gasteiger charge is 2.13. The summed E-state index contributed by atoms with van der Waals surface area (Å²) in [6.45, 7) is 2.02. The smallest absolute Gasteiger partial charge is 0.337 e. The minimum atomic E-state index is -3.50. The highest BCUT2D eigenvalue weighted by molar-refractivity contribution is 7.88. The van der Waals surface area contributed by atoms with Crippen LogP contribution in [-0.4, -0.2) is 39.3 Å². The van der Waals surface area contributed by atoms with E-state index in [-0.39, 0.29) is 12.3 Å². The van der Waals surface area contributed by atoms with Crippen molar-refractivity contribution in [3.05, 3.63) is 35.4 Å². The molecular formula is C14H21NO5S. The Morgan fingerprint density at radius 2 is 2.14 bits per heavy atom. The minimum absolute atomic E-state index is 0.189. The Balaban J connectivity index is 2.65. The maximum atomic E-state index is 11.9. The van der Waals surface area contributed by atoms with Crippen LogP contribution in [0, 0.1) is 0 Å². The van der Waals surface area contributed by atoms with E-state index >= 15 is 0 Å². The Bertz CT molecular complexity index is 570. The van der Waals surface area contributed by atoms with Gasteiger partial charge in [-0.1, -0.05) is 19.1 Å². The van der Waals surface area contributed by atoms with Crippen LogP contribution in [0.3, 0.4) is 0 Å². The van der Waals surface area contributed by atoms with Crippen molar-refractivity contribution in [1.82, 2.24) is 4.72 Å². The van der Waals surface area contributed by atoms with Crippen LogP contribution in [0.15, 0.2) is 24.3 Å². The first kappa shape index (κ1) is 17.6. The average molecular weight is 315 g/mol. The largest absolute Gasteiger partial charge is 0.465 e. The molecule has 0 aromatic heterocycles. The third-order valence-corrected chi connectivity index (χ3v) is 4.33. The van der Waals surface area contributed by atoms with Gasteiger partial charge >= 0.3 is 5.97 Å². The average Bonchev–Trinajstić information content (AvgIpc) is 2.45. The van der Waals surface area contributed by atoms with Gasteiger partial charge in [0, 0.05) is 6.54 Å². The third-order valence-electron chi connectivity index (χ3n) is 2.98. The zero-order valence-electron chi connectivity index (χ0n) is 12.2. The molecule has 0 fully saturated rings. The van der Waals surface area contributed by atoms with E-state index in [1.807, 2.05) is 6.92 Å². The topological polar surface area (TPSA) is 92.7 Å². The summed E-state index contributed by atoms with van der Waals surface area (Å²) in [4.78, 5) is 11.4. The summed E-state index contributed by atoms with van der Waals surface area (Å²) in [5, 5.41) is 9.38. The lowest BCUT2D eigenvalue weighted by Gasteiger charge is -2.10. The van der Waals surface area contributed by atoms with Gasteiger partial charge in [0.15, 0.2) is 0 Å². The summed E-state index contributed by atoms with van der Waals surface area (Å²) in [6.07, 6.45) is 0.455. The van der Waals surface area contributed by atoms with Gasteiger partial charge in [-0.15, -0.1) is 0 Å². The molecule has 0 spiro atoms. The van der Waals surface area contributed by atoms with Crippen LogP contribution in [0.25, 0.3) is 0 Å². The van der Waals surface area contributed by atoms with Gasteiger partial charge in [0.05, 0.1) is 24.5 Å². The summed E-state index contributed by atoms with van der Waals surface area (Å²) in [7, 11) is -2.23. The third kappa shape index (κ3) is 6.24. The minimum Gasteiger partial charge on any atom is -0.465 e. The maximum Gasteiger partial charge on any atom is 0.337 e. The molecular weight excluding hydrogens is 294 g/mol. The van der Waals surface area contributed by atoms with Crippen LogP contribution in [0.4, 0.5) is 0 Å². The quantitative estimate of drug-likeness (QED) is 0.700. The van der Waals surface area contributed by atoms with E-state index in [4.69, 9.17) is 0 Å². The van der Waals surface area contributed by atoms with Crippen molar-refractivity contribution < 1.29 is 23.1 Å². The van der Waals surface area contributed by atoms with Crippen molar-refractivity contribution in [3.63, 3.8) is 0 Å². The highest BCUT2D eigenvalue weighted by atomic mass is 32.2. The molecule has 1 aromatic carbocycles. The fourth-order valence-electron chi connectivity index (χ4n) is 1.76. The number of benzene rings is 1. The van der Waals surface area contributed by atoms with Gasteiger partial charge in [0.25, 0.3) is 0 Å². The van der Waals surface area contributed by atoms with Crippen molar-refractivity contribution in [1.29, 1.82) is 0 Å². The Hall–Kier alpha value is -1.44. The first-order valence-electron chi connectivity index (χ1n) is 6.70. The highest BCUT2D eigenvalue weighted by Crippen LogP contribution is 2.10. The fraction of sp³-hybridized carbons (Fsp3) is 0.500. The fourth-order valence-corrected chi connectivity index (χ4v) is 2.91. The van der Waals surface area contributed by atoms with Crippen molar-refractivity contribution >= 4 is 16.0 Å². The molecule has 1 rings (SSSR count). The SMILES string of the molecule is CCC(O)CCNS(=O)(=O)Cc1cccc(C(=O)OC)c1. The molecule has 0 bridgehead atoms. The second kappa shape index (κ2) is 8.11. The Morgan fingerprint density at radius 1 is 1.43 bits per heavy atom. The summed E-state index contributed by atoms with van der Waals surface area (Å²) < 4.78 is 30.8. The van der Waals surface area contributed by atoms with Crippen molar-refractivity contribution in [2.24, 2.45) is 0 Å². The molecule has 0 heterocycles. The van der Waals surface area contributed by atoms with Crippen molar-refractivity contribution in [2.45, 2.75) is 31.6 Å². The van der Waals surface area contributed by atoms with Crippen LogP contribution in [-0.2, 0) is 20.5 Å². The van der Waals surface area contributed by atoms with Crippen LogP contribution >= 0.6 is 0 Å². The molecule has 1 unspecified atom stereocenters. The molecule has 118 valence electrons. The Labute approximate surface area is 125 Å². The van der Waals surface area contributed by atoms with Gasteiger partial charge in [-0.25, -0.2) is 17.9 Å². The van der Waals surface area contributed by atoms with Gasteiger partial charge < -0.3 is 9.84 Å². The molecule has 0 radical (unpaired) electrons. The van der Waals surface area contributed by atoms with E-state index in [9.17, 15) is 18.3 Å². The van der Waals surface area contributed by atoms with E-state index in [0.717, 1.165) is 0 Å². The maximum absolute atomic E-state index is 11.9. The van der Waals surface area contributed by atoms with Crippen molar-refractivity contribution in [3.8, 4) is 0 Å². The molecule has 21 heavy (non-hydrogen) atoms. The van der Waals surface area contributed by atoms with Crippen molar-refractivity contribution in [2.75, 3.05) is 13.7 Å². The summed E-state index contributed by atoms with van der Waals surface area (Å²) in [5.41, 5.74) is 0.813. The number of hydrogen-bond acceptors (Lipinski definition) is 5. The summed E-state index contributed by atoms with van der Waals surface area (Å²) >= 11 is 0. The van der Waals surface area contributed by atoms with Gasteiger partial charge in [-0.05, 0) is 30.5 Å². The number of carbonyl (C=O) groups excluding carboxylic acids is 1. The van der Waals surface area contributed by atoms with E-state index in [2.05, 4.69) is 9.46 Å². The summed E-state index contributed by atoms with van der Waals surface area (Å²) in [5.74, 6) is -0.728. The molecule has 0 aliphatic carbocycles. The van der Waals surface area contributed by atoms with E-state index in [1.54, 1.807) is 18.2 Å². The lowest BCUT2D eigenvalue weighted by molar-refractivity contribution is 0.0600. The second-order valence-corrected chi connectivity index (χ2v) is 6.50. The van der Waals surface area contributed by atoms with Crippen LogP contribution in [0.2, 0.25) is 0 Å². The number of aliphatic hydroxyl groups is 1. The lowest BCUT2D eigenvalue weighted by atomic mass is 10.1. The lowest BCUT2D eigenvalue weighted by Crippen LogP contribution is -2.28. The molecule has 1 atom stereocenters. The zero-order chi connectivity index (χ0) is 15.9. The Morgan fingerprint density at radius 3 is 2.76 bits per heavy atom. The molecule has 0 aliphatic heterocycles. The van der Waals surface area contributed by atoms with Gasteiger partial charge in [0.2, 0.25) is 10.0 Å². The van der Waals surface area contributed by atoms with Crippen LogP contribution in [0.5, 0.6) is 0 Å². The molecule has 6 nitrogen and oxygen atoms in total. The van der Waals surface area contributed by atoms with E-state index in [1.165, 1.54) is 13.2 Å². The number of sulfonamides is 1. The number of hydrogen-bond donors (Lipinski definition) is 2. The number of ether oxygens (including phenoxy) is 1. The number of carbonyl (C=O) groups is 1. The molecule has 0 saturated carbocycles. The number of methoxy groups -OCH3 is 1. The molecule has 0 saturated heterocycles. The van der Waals surface area contributed by atoms with Crippen LogP contribution in [0.1, 0.15) is 35.7 Å². The standard InChI is InChI=1S/C14H21NO5S/c1-3-13(16)7-8-15-21(18,19)10-11-5-4-6-12(9-11)14(17)20-2/h4-6,9,13,15-16H,3,7-8,10H2,1-2H3. The Kier molecular flexibility index (Phi) is 6.80. The number of rotatable bonds is 8. The molecule has 2 N–H and O–H groups in total. The van der Waals surface area contributed by atoms with Gasteiger partial charge in [-0.2, -0.15) is 0 Å². The van der Waals surface area contributed by atoms with E-state index in [0.29, 0.717) is 24.0 Å². The number of nitrogens with one attached hydrogen (secondary N) is 1. The normalized spacial score (nSPS) is 12.9. The summed E-state index contributed by atoms with van der Waals surface area (Å²) in [6, 6.07) is 6.30. The number of aliphatic hydroxyl groups excluding tert-OH is 1. The monoisotopic (exact) mass is 315 g/mol. The first-order chi connectivity index (χ1) is 9.88. The van der Waals surface area contributed by atoms with Crippen LogP contribution < -0.4 is 4.72 Å². The molecule has 0 aliphatic rings. The predicted octanol–water partition coefficient (Wildman–Crippen LogP) is 1.05. The van der Waals surface area contributed by atoms with E-state index < -0.39 is 22.1 Å². The number of esters is 1. The van der Waals surface area contributed by atoms with Gasteiger partial charge in [-0.3, -0.25) is 0 Å².